The van der Waals surface area contributed by atoms with E-state index in [1.165, 1.54) is 32.7 Å². The molecule has 5 N–H and O–H groups in total. The first-order chi connectivity index (χ1) is 40.1. The number of hydrogen-bond acceptors (Lipinski definition) is 14. The average molecular weight is 1140 g/mol. The van der Waals surface area contributed by atoms with Gasteiger partial charge in [0, 0.05) is 117 Å². The van der Waals surface area contributed by atoms with E-state index in [9.17, 15) is 29.1 Å². The predicted octanol–water partition coefficient (Wildman–Crippen LogP) is 8.92. The third-order valence-electron chi connectivity index (χ3n) is 14.8. The van der Waals surface area contributed by atoms with Crippen LogP contribution in [-0.2, 0) is 19.1 Å². The summed E-state index contributed by atoms with van der Waals surface area (Å²) in [6.45, 7) is 5.73. The van der Waals surface area contributed by atoms with Gasteiger partial charge in [-0.05, 0) is 110 Å². The molecule has 17 nitrogen and oxygen atoms in total. The fourth-order valence-electron chi connectivity index (χ4n) is 10.5. The number of benzene rings is 4. The zero-order chi connectivity index (χ0) is 56.8. The Kier molecular flexibility index (Phi) is 19.4. The molecule has 424 valence electrons. The molecular weight excluding hydrogens is 1070 g/mol. The second-order valence-electron chi connectivity index (χ2n) is 20.4. The predicted molar refractivity (Wildman–Crippen MR) is 327 cm³/mol. The van der Waals surface area contributed by atoms with Gasteiger partial charge in [0.05, 0.1) is 50.2 Å². The van der Waals surface area contributed by atoms with Crippen molar-refractivity contribution in [3.63, 3.8) is 0 Å². The highest BCUT2D eigenvalue weighted by Gasteiger charge is 2.34. The van der Waals surface area contributed by atoms with Crippen molar-refractivity contribution in [2.45, 2.75) is 86.5 Å². The second kappa shape index (κ2) is 27.8. The SMILES string of the molecule is CCC1OC(n2cc(/C=C/C(=O)NCCN(CCNC(=O)CCCCN3/C(=C/c4ccnc5ccccc45)Sc4ccccc43)CCNC(=O)CCCCN3/C(=C/c4ccnc5ccccc45)Sc4ccccc43)c(=O)[nH]c2=O)CC1O. The van der Waals surface area contributed by atoms with E-state index in [0.29, 0.717) is 64.8 Å². The largest absolute Gasteiger partial charge is 0.390 e. The third-order valence-corrected chi connectivity index (χ3v) is 17.0. The van der Waals surface area contributed by atoms with Gasteiger partial charge in [0.25, 0.3) is 5.56 Å². The Morgan fingerprint density at radius 3 is 1.73 bits per heavy atom. The van der Waals surface area contributed by atoms with E-state index in [1.807, 2.05) is 67.8 Å². The Morgan fingerprint density at radius 1 is 0.683 bits per heavy atom. The van der Waals surface area contributed by atoms with Crippen LogP contribution in [0.5, 0.6) is 0 Å². The van der Waals surface area contributed by atoms with E-state index in [1.54, 1.807) is 23.5 Å². The van der Waals surface area contributed by atoms with Crippen LogP contribution in [-0.4, -0.2) is 112 Å². The van der Waals surface area contributed by atoms with Crippen LogP contribution >= 0.6 is 23.5 Å². The van der Waals surface area contributed by atoms with Gasteiger partial charge < -0.3 is 35.6 Å². The molecule has 7 aromatic rings. The number of carbonyl (C=O) groups excluding carboxylic acids is 3. The van der Waals surface area contributed by atoms with Crippen LogP contribution in [0.1, 0.15) is 81.2 Å². The van der Waals surface area contributed by atoms with Crippen molar-refractivity contribution < 1.29 is 24.2 Å². The number of thioether (sulfide) groups is 2. The first-order valence-corrected chi connectivity index (χ1v) is 29.8. The molecule has 19 heteroatoms. The normalized spacial score (nSPS) is 17.6. The number of carbonyl (C=O) groups is 3. The molecule has 0 radical (unpaired) electrons. The number of ether oxygens (including phenoxy) is 1. The number of aromatic nitrogens is 4. The molecule has 3 unspecified atom stereocenters. The van der Waals surface area contributed by atoms with Crippen molar-refractivity contribution in [2.75, 3.05) is 62.2 Å². The van der Waals surface area contributed by atoms with Gasteiger partial charge >= 0.3 is 5.69 Å². The van der Waals surface area contributed by atoms with E-state index in [4.69, 9.17) is 4.74 Å². The maximum atomic E-state index is 13.3. The number of fused-ring (bicyclic) bond motifs is 4. The fourth-order valence-corrected chi connectivity index (χ4v) is 12.8. The van der Waals surface area contributed by atoms with Crippen molar-refractivity contribution in [3.8, 4) is 0 Å². The molecule has 3 aliphatic rings. The number of aliphatic hydroxyl groups is 1. The summed E-state index contributed by atoms with van der Waals surface area (Å²) >= 11 is 3.50. The van der Waals surface area contributed by atoms with Crippen molar-refractivity contribution >= 4 is 92.7 Å². The first-order valence-electron chi connectivity index (χ1n) is 28.2. The molecule has 0 aliphatic carbocycles. The van der Waals surface area contributed by atoms with Gasteiger partial charge in [0.2, 0.25) is 17.7 Å². The number of unbranched alkanes of at least 4 members (excludes halogenated alkanes) is 2. The van der Waals surface area contributed by atoms with Crippen molar-refractivity contribution in [3.05, 3.63) is 181 Å². The van der Waals surface area contributed by atoms with Crippen molar-refractivity contribution in [1.29, 1.82) is 0 Å². The number of aliphatic hydroxyl groups excluding tert-OH is 1. The van der Waals surface area contributed by atoms with E-state index in [0.717, 1.165) is 80.3 Å². The Labute approximate surface area is 484 Å². The Bertz CT molecular complexity index is 3460. The molecule has 0 saturated carbocycles. The lowest BCUT2D eigenvalue weighted by Crippen LogP contribution is -2.42. The maximum Gasteiger partial charge on any atom is 0.330 e. The van der Waals surface area contributed by atoms with Gasteiger partial charge in [-0.1, -0.05) is 91.1 Å². The average Bonchev–Trinajstić information content (AvgIpc) is 4.15. The number of amides is 3. The number of aromatic amines is 1. The molecule has 82 heavy (non-hydrogen) atoms. The summed E-state index contributed by atoms with van der Waals surface area (Å²) in [5, 5.41) is 23.9. The van der Waals surface area contributed by atoms with Crippen LogP contribution in [0.25, 0.3) is 40.0 Å². The zero-order valence-corrected chi connectivity index (χ0v) is 47.5. The van der Waals surface area contributed by atoms with E-state index < -0.39 is 35.6 Å². The number of rotatable bonds is 25. The standard InChI is InChI=1S/C63H68N10O7S2/c1-2-53-52(74)41-59(80-53)73-42-45(62(78)69-63(73)79)25-26-58(77)68-33-38-70(36-31-66-56(75)23-11-13-34-71-50-19-7-9-21-54(50)81-60(71)39-43-27-29-64-48-17-5-3-15-46(43)48)37-32-67-57(76)24-12-14-35-72-51-20-8-10-22-55(51)82-61(72)40-44-28-30-65-49-18-6-4-16-47(44)49/h3-10,15-22,25-30,39-40,42,52-53,59,74H,2,11-14,23-24,31-38,41H2,1H3,(H,66,75)(H,67,76)(H,68,77)(H,69,78,79)/b26-25+,60-39-,61-40-. The van der Waals surface area contributed by atoms with Gasteiger partial charge in [-0.3, -0.25) is 43.6 Å². The number of para-hydroxylation sites is 4. The summed E-state index contributed by atoms with van der Waals surface area (Å²) in [5.74, 6) is -0.548. The lowest BCUT2D eigenvalue weighted by Gasteiger charge is -2.23. The van der Waals surface area contributed by atoms with Crippen LogP contribution < -0.4 is 37.0 Å². The molecule has 3 atom stereocenters. The number of pyridine rings is 2. The number of hydrogen-bond donors (Lipinski definition) is 5. The van der Waals surface area contributed by atoms with Gasteiger partial charge in [-0.2, -0.15) is 0 Å². The molecule has 1 saturated heterocycles. The molecule has 4 aromatic carbocycles. The minimum absolute atomic E-state index is 0.0476. The van der Waals surface area contributed by atoms with Crippen molar-refractivity contribution in [2.24, 2.45) is 0 Å². The number of anilines is 2. The third kappa shape index (κ3) is 14.4. The molecule has 0 spiro atoms. The lowest BCUT2D eigenvalue weighted by molar-refractivity contribution is -0.121. The highest BCUT2D eigenvalue weighted by molar-refractivity contribution is 8.04. The highest BCUT2D eigenvalue weighted by atomic mass is 32.2. The fraction of sp³-hybridized carbons (Fsp3) is 0.317. The number of nitrogens with one attached hydrogen (secondary N) is 4. The van der Waals surface area contributed by atoms with Gasteiger partial charge in [0.1, 0.15) is 6.23 Å². The number of nitrogens with zero attached hydrogens (tertiary/aromatic N) is 6. The summed E-state index contributed by atoms with van der Waals surface area (Å²) in [6.07, 6.45) is 14.6. The van der Waals surface area contributed by atoms with E-state index >= 15 is 0 Å². The Morgan fingerprint density at radius 2 is 1.20 bits per heavy atom. The van der Waals surface area contributed by atoms with Crippen molar-refractivity contribution in [1.82, 2.24) is 40.4 Å². The van der Waals surface area contributed by atoms with Gasteiger partial charge in [-0.15, -0.1) is 0 Å². The highest BCUT2D eigenvalue weighted by Crippen LogP contribution is 2.48. The first kappa shape index (κ1) is 57.4. The minimum atomic E-state index is -0.754. The van der Waals surface area contributed by atoms with E-state index in [-0.39, 0.29) is 30.3 Å². The Hall–Kier alpha value is -7.81. The van der Waals surface area contributed by atoms with Crippen LogP contribution in [0.4, 0.5) is 11.4 Å². The smallest absolute Gasteiger partial charge is 0.330 e. The maximum absolute atomic E-state index is 13.3. The molecule has 3 aliphatic heterocycles. The van der Waals surface area contributed by atoms with Crippen LogP contribution in [0.15, 0.2) is 163 Å². The molecule has 0 bridgehead atoms. The summed E-state index contributed by atoms with van der Waals surface area (Å²) in [7, 11) is 0. The molecule has 10 rings (SSSR count). The topological polar surface area (TPSA) is 207 Å². The molecule has 6 heterocycles. The summed E-state index contributed by atoms with van der Waals surface area (Å²) in [5.41, 5.74) is 5.17. The number of H-pyrrole nitrogens is 1. The van der Waals surface area contributed by atoms with Gasteiger partial charge in [-0.25, -0.2) is 4.79 Å². The molecule has 1 fully saturated rings. The van der Waals surface area contributed by atoms with Gasteiger partial charge in [0.15, 0.2) is 0 Å². The molecular formula is C63H68N10O7S2. The van der Waals surface area contributed by atoms with Crippen LogP contribution in [0.2, 0.25) is 0 Å². The van der Waals surface area contributed by atoms with E-state index in [2.05, 4.69) is 118 Å². The second-order valence-corrected chi connectivity index (χ2v) is 22.5. The van der Waals surface area contributed by atoms with Crippen LogP contribution in [0.3, 0.4) is 0 Å². The molecule has 3 amide bonds. The zero-order valence-electron chi connectivity index (χ0n) is 45.9. The summed E-state index contributed by atoms with van der Waals surface area (Å²) in [4.78, 5) is 85.6. The quantitative estimate of drug-likeness (QED) is 0.0268. The molecule has 3 aromatic heterocycles. The lowest BCUT2D eigenvalue weighted by atomic mass is 10.1. The minimum Gasteiger partial charge on any atom is -0.390 e. The monoisotopic (exact) mass is 1140 g/mol. The Balaban J connectivity index is 0.712. The summed E-state index contributed by atoms with van der Waals surface area (Å²) < 4.78 is 7.08. The summed E-state index contributed by atoms with van der Waals surface area (Å²) in [6, 6.07) is 37.2. The van der Waals surface area contributed by atoms with Crippen LogP contribution in [0, 0.1) is 0 Å².